The summed E-state index contributed by atoms with van der Waals surface area (Å²) in [7, 11) is 1.45. The molecule has 142 valence electrons. The first kappa shape index (κ1) is 19.0. The highest BCUT2D eigenvalue weighted by atomic mass is 16.5. The van der Waals surface area contributed by atoms with E-state index in [1.54, 1.807) is 6.07 Å². The van der Waals surface area contributed by atoms with Crippen LogP contribution in [-0.2, 0) is 9.53 Å². The van der Waals surface area contributed by atoms with E-state index in [1.807, 2.05) is 48.5 Å². The van der Waals surface area contributed by atoms with Crippen molar-refractivity contribution in [2.24, 2.45) is 0 Å². The smallest absolute Gasteiger partial charge is 0.342 e. The molecule has 0 fully saturated rings. The Morgan fingerprint density at radius 1 is 0.964 bits per heavy atom. The molecule has 0 bridgehead atoms. The van der Waals surface area contributed by atoms with Gasteiger partial charge in [-0.25, -0.2) is 4.79 Å². The van der Waals surface area contributed by atoms with E-state index < -0.39 is 18.5 Å². The van der Waals surface area contributed by atoms with Crippen LogP contribution < -0.4 is 10.1 Å². The van der Waals surface area contributed by atoms with E-state index in [-0.39, 0.29) is 11.3 Å². The normalized spacial score (nSPS) is 10.2. The van der Waals surface area contributed by atoms with Gasteiger partial charge in [-0.15, -0.1) is 0 Å². The number of nitrogens with one attached hydrogen (secondary N) is 1. The number of ether oxygens (including phenoxy) is 2. The van der Waals surface area contributed by atoms with Gasteiger partial charge in [-0.05, 0) is 23.8 Å². The maximum absolute atomic E-state index is 12.2. The van der Waals surface area contributed by atoms with Crippen LogP contribution in [0.1, 0.15) is 10.4 Å². The molecule has 0 unspecified atom stereocenters. The highest BCUT2D eigenvalue weighted by Gasteiger charge is 2.16. The minimum atomic E-state index is -0.799. The number of phenols is 1. The number of benzene rings is 3. The monoisotopic (exact) mass is 377 g/mol. The van der Waals surface area contributed by atoms with Gasteiger partial charge in [-0.1, -0.05) is 48.5 Å². The summed E-state index contributed by atoms with van der Waals surface area (Å²) in [5, 5.41) is 12.6. The molecule has 0 spiro atoms. The first-order valence-electron chi connectivity index (χ1n) is 8.57. The van der Waals surface area contributed by atoms with Crippen LogP contribution in [0, 0.1) is 0 Å². The minimum absolute atomic E-state index is 0.0433. The topological polar surface area (TPSA) is 84.9 Å². The Kier molecular flexibility index (Phi) is 5.91. The van der Waals surface area contributed by atoms with Crippen LogP contribution in [0.25, 0.3) is 11.1 Å². The van der Waals surface area contributed by atoms with Gasteiger partial charge in [0, 0.05) is 17.3 Å². The molecule has 0 heterocycles. The number of anilines is 1. The summed E-state index contributed by atoms with van der Waals surface area (Å²) in [5.41, 5.74) is 2.38. The quantitative estimate of drug-likeness (QED) is 0.637. The molecule has 0 atom stereocenters. The van der Waals surface area contributed by atoms with E-state index in [4.69, 9.17) is 9.47 Å². The van der Waals surface area contributed by atoms with Crippen LogP contribution >= 0.6 is 0 Å². The van der Waals surface area contributed by atoms with E-state index in [1.165, 1.54) is 25.3 Å². The Bertz CT molecular complexity index is 985. The van der Waals surface area contributed by atoms with Crippen molar-refractivity contribution in [2.75, 3.05) is 19.0 Å². The first-order valence-corrected chi connectivity index (χ1v) is 8.57. The predicted molar refractivity (Wildman–Crippen MR) is 105 cm³/mol. The molecule has 0 aromatic heterocycles. The zero-order valence-corrected chi connectivity index (χ0v) is 15.2. The highest BCUT2D eigenvalue weighted by molar-refractivity contribution is 5.99. The summed E-state index contributed by atoms with van der Waals surface area (Å²) in [5.74, 6) is -1.15. The molecule has 0 saturated carbocycles. The summed E-state index contributed by atoms with van der Waals surface area (Å²) < 4.78 is 9.98. The Labute approximate surface area is 162 Å². The van der Waals surface area contributed by atoms with Crippen molar-refractivity contribution in [2.45, 2.75) is 0 Å². The van der Waals surface area contributed by atoms with Gasteiger partial charge < -0.3 is 19.9 Å². The average Bonchev–Trinajstić information content (AvgIpc) is 2.73. The SMILES string of the molecule is COc1ccc(C(=O)OCC(=O)Nc2ccccc2-c2ccccc2)c(O)c1. The molecule has 0 radical (unpaired) electrons. The van der Waals surface area contributed by atoms with Crippen LogP contribution in [0.5, 0.6) is 11.5 Å². The van der Waals surface area contributed by atoms with Crippen LogP contribution in [0.3, 0.4) is 0 Å². The van der Waals surface area contributed by atoms with E-state index in [0.717, 1.165) is 11.1 Å². The molecule has 0 aliphatic rings. The molecule has 3 aromatic carbocycles. The first-order chi connectivity index (χ1) is 13.6. The fourth-order valence-electron chi connectivity index (χ4n) is 2.67. The zero-order valence-electron chi connectivity index (χ0n) is 15.2. The number of hydrogen-bond acceptors (Lipinski definition) is 5. The van der Waals surface area contributed by atoms with E-state index in [2.05, 4.69) is 5.32 Å². The van der Waals surface area contributed by atoms with Gasteiger partial charge in [0.2, 0.25) is 0 Å². The lowest BCUT2D eigenvalue weighted by molar-refractivity contribution is -0.119. The number of carbonyl (C=O) groups excluding carboxylic acids is 2. The number of aromatic hydroxyl groups is 1. The summed E-state index contributed by atoms with van der Waals surface area (Å²) in [6.07, 6.45) is 0. The molecule has 6 heteroatoms. The largest absolute Gasteiger partial charge is 0.507 e. The van der Waals surface area contributed by atoms with Crippen LogP contribution in [0.15, 0.2) is 72.8 Å². The van der Waals surface area contributed by atoms with Crippen molar-refractivity contribution in [3.8, 4) is 22.6 Å². The summed E-state index contributed by atoms with van der Waals surface area (Å²) in [6, 6.07) is 21.2. The Morgan fingerprint density at radius 2 is 1.68 bits per heavy atom. The Balaban J connectivity index is 1.65. The zero-order chi connectivity index (χ0) is 19.9. The number of methoxy groups -OCH3 is 1. The predicted octanol–water partition coefficient (Wildman–Crippen LogP) is 3.86. The molecule has 2 N–H and O–H groups in total. The van der Waals surface area contributed by atoms with E-state index >= 15 is 0 Å². The molecule has 0 aliphatic carbocycles. The van der Waals surface area contributed by atoms with E-state index in [9.17, 15) is 14.7 Å². The highest BCUT2D eigenvalue weighted by Crippen LogP contribution is 2.27. The molecule has 0 aliphatic heterocycles. The third-order valence-electron chi connectivity index (χ3n) is 4.05. The van der Waals surface area contributed by atoms with Crippen LogP contribution in [-0.4, -0.2) is 30.7 Å². The standard InChI is InChI=1S/C22H19NO5/c1-27-16-11-12-18(20(24)13-16)22(26)28-14-21(25)23-19-10-6-5-9-17(19)15-7-3-2-4-8-15/h2-13,24H,14H2,1H3,(H,23,25). The van der Waals surface area contributed by atoms with Crippen molar-refractivity contribution in [3.63, 3.8) is 0 Å². The van der Waals surface area contributed by atoms with Crippen LogP contribution in [0.4, 0.5) is 5.69 Å². The second-order valence-electron chi connectivity index (χ2n) is 5.92. The molecule has 1 amide bonds. The van der Waals surface area contributed by atoms with Gasteiger partial charge in [0.1, 0.15) is 17.1 Å². The lowest BCUT2D eigenvalue weighted by Crippen LogP contribution is -2.21. The van der Waals surface area contributed by atoms with Crippen molar-refractivity contribution in [1.29, 1.82) is 0 Å². The summed E-state index contributed by atoms with van der Waals surface area (Å²) >= 11 is 0. The van der Waals surface area contributed by atoms with Gasteiger partial charge in [0.15, 0.2) is 6.61 Å². The maximum atomic E-state index is 12.2. The number of para-hydroxylation sites is 1. The van der Waals surface area contributed by atoms with Gasteiger partial charge >= 0.3 is 5.97 Å². The van der Waals surface area contributed by atoms with Gasteiger partial charge in [-0.2, -0.15) is 0 Å². The van der Waals surface area contributed by atoms with Crippen molar-refractivity contribution < 1.29 is 24.2 Å². The summed E-state index contributed by atoms with van der Waals surface area (Å²) in [6.45, 7) is -0.479. The Hall–Kier alpha value is -3.80. The van der Waals surface area contributed by atoms with Crippen molar-refractivity contribution in [3.05, 3.63) is 78.4 Å². The second kappa shape index (κ2) is 8.73. The van der Waals surface area contributed by atoms with Gasteiger partial charge in [0.25, 0.3) is 5.91 Å². The molecule has 28 heavy (non-hydrogen) atoms. The number of phenolic OH excluding ortho intramolecular Hbond substituents is 1. The molecule has 3 rings (SSSR count). The number of rotatable bonds is 6. The van der Waals surface area contributed by atoms with E-state index in [0.29, 0.717) is 11.4 Å². The number of amides is 1. The minimum Gasteiger partial charge on any atom is -0.507 e. The molecule has 0 saturated heterocycles. The lowest BCUT2D eigenvalue weighted by atomic mass is 10.0. The molecular weight excluding hydrogens is 358 g/mol. The van der Waals surface area contributed by atoms with Gasteiger partial charge in [-0.3, -0.25) is 4.79 Å². The Morgan fingerprint density at radius 3 is 2.39 bits per heavy atom. The number of hydrogen-bond donors (Lipinski definition) is 2. The number of esters is 1. The third-order valence-corrected chi connectivity index (χ3v) is 4.05. The fourth-order valence-corrected chi connectivity index (χ4v) is 2.67. The van der Waals surface area contributed by atoms with Gasteiger partial charge in [0.05, 0.1) is 7.11 Å². The molecule has 3 aromatic rings. The fraction of sp³-hybridized carbons (Fsp3) is 0.0909. The third kappa shape index (κ3) is 4.48. The average molecular weight is 377 g/mol. The number of carbonyl (C=O) groups is 2. The maximum Gasteiger partial charge on any atom is 0.342 e. The molecule has 6 nitrogen and oxygen atoms in total. The van der Waals surface area contributed by atoms with Crippen molar-refractivity contribution in [1.82, 2.24) is 0 Å². The van der Waals surface area contributed by atoms with Crippen LogP contribution in [0.2, 0.25) is 0 Å². The summed E-state index contributed by atoms with van der Waals surface area (Å²) in [4.78, 5) is 24.4. The van der Waals surface area contributed by atoms with Crippen molar-refractivity contribution >= 4 is 17.6 Å². The lowest BCUT2D eigenvalue weighted by Gasteiger charge is -2.12. The second-order valence-corrected chi connectivity index (χ2v) is 5.92. The molecular formula is C22H19NO5.